The highest BCUT2D eigenvalue weighted by Crippen LogP contribution is 2.38. The monoisotopic (exact) mass is 458 g/mol. The summed E-state index contributed by atoms with van der Waals surface area (Å²) in [6, 6.07) is 12.7. The van der Waals surface area contributed by atoms with Gasteiger partial charge in [-0.3, -0.25) is 9.59 Å². The fourth-order valence-corrected chi connectivity index (χ4v) is 4.88. The van der Waals surface area contributed by atoms with Crippen molar-refractivity contribution in [2.75, 3.05) is 33.4 Å². The first-order valence-corrected chi connectivity index (χ1v) is 11.3. The standard InChI is InChI=1S/C23H23ClN2O4S/c1-29-13-11-25(23(28)19-3-2-12-30-19)15-21(27)26-10-8-20-18(9-14-31-20)22(26)16-4-6-17(24)7-5-16/h2-7,9,12,14,22H,8,10-11,13,15H2,1H3. The van der Waals surface area contributed by atoms with Crippen LogP contribution >= 0.6 is 22.9 Å². The minimum Gasteiger partial charge on any atom is -0.459 e. The third-order valence-electron chi connectivity index (χ3n) is 5.38. The summed E-state index contributed by atoms with van der Waals surface area (Å²) >= 11 is 7.80. The minimum atomic E-state index is -0.327. The summed E-state index contributed by atoms with van der Waals surface area (Å²) < 4.78 is 10.4. The molecular weight excluding hydrogens is 436 g/mol. The van der Waals surface area contributed by atoms with Crippen molar-refractivity contribution >= 4 is 34.8 Å². The number of nitrogens with zero attached hydrogens (tertiary/aromatic N) is 2. The predicted molar refractivity (Wildman–Crippen MR) is 120 cm³/mol. The molecule has 0 fully saturated rings. The molecule has 0 aliphatic carbocycles. The van der Waals surface area contributed by atoms with Gasteiger partial charge in [-0.25, -0.2) is 0 Å². The van der Waals surface area contributed by atoms with Crippen molar-refractivity contribution in [2.24, 2.45) is 0 Å². The molecule has 0 spiro atoms. The van der Waals surface area contributed by atoms with Crippen molar-refractivity contribution in [2.45, 2.75) is 12.5 Å². The molecule has 162 valence electrons. The quantitative estimate of drug-likeness (QED) is 0.530. The lowest BCUT2D eigenvalue weighted by atomic mass is 9.93. The second-order valence-electron chi connectivity index (χ2n) is 7.29. The topological polar surface area (TPSA) is 63.0 Å². The Kier molecular flexibility index (Phi) is 6.75. The van der Waals surface area contributed by atoms with Gasteiger partial charge in [0, 0.05) is 30.1 Å². The lowest BCUT2D eigenvalue weighted by Crippen LogP contribution is -2.47. The van der Waals surface area contributed by atoms with E-state index in [0.29, 0.717) is 24.7 Å². The van der Waals surface area contributed by atoms with Gasteiger partial charge in [0.1, 0.15) is 6.54 Å². The average molecular weight is 459 g/mol. The van der Waals surface area contributed by atoms with Crippen LogP contribution in [0.5, 0.6) is 0 Å². The maximum Gasteiger partial charge on any atom is 0.290 e. The lowest BCUT2D eigenvalue weighted by molar-refractivity contribution is -0.134. The Balaban J connectivity index is 1.60. The van der Waals surface area contributed by atoms with Gasteiger partial charge in [0.2, 0.25) is 5.91 Å². The number of amides is 2. The molecule has 1 aliphatic rings. The van der Waals surface area contributed by atoms with E-state index in [9.17, 15) is 9.59 Å². The highest BCUT2D eigenvalue weighted by Gasteiger charge is 2.34. The van der Waals surface area contributed by atoms with Crippen LogP contribution in [0.1, 0.15) is 32.6 Å². The normalized spacial score (nSPS) is 15.5. The van der Waals surface area contributed by atoms with Gasteiger partial charge >= 0.3 is 0 Å². The molecule has 0 N–H and O–H groups in total. The van der Waals surface area contributed by atoms with Crippen LogP contribution in [0.3, 0.4) is 0 Å². The largest absolute Gasteiger partial charge is 0.459 e. The zero-order valence-corrected chi connectivity index (χ0v) is 18.7. The zero-order chi connectivity index (χ0) is 21.8. The number of hydrogen-bond donors (Lipinski definition) is 0. The van der Waals surface area contributed by atoms with E-state index in [4.69, 9.17) is 20.8 Å². The second-order valence-corrected chi connectivity index (χ2v) is 8.72. The number of methoxy groups -OCH3 is 1. The number of fused-ring (bicyclic) bond motifs is 1. The summed E-state index contributed by atoms with van der Waals surface area (Å²) in [6.45, 7) is 1.17. The average Bonchev–Trinajstić information content (AvgIpc) is 3.48. The van der Waals surface area contributed by atoms with Crippen LogP contribution in [-0.4, -0.2) is 55.0 Å². The van der Waals surface area contributed by atoms with Crippen LogP contribution in [0.15, 0.2) is 58.5 Å². The van der Waals surface area contributed by atoms with E-state index in [1.54, 1.807) is 30.6 Å². The molecule has 6 nitrogen and oxygen atoms in total. The molecule has 8 heteroatoms. The summed E-state index contributed by atoms with van der Waals surface area (Å²) in [5.74, 6) is -0.239. The van der Waals surface area contributed by atoms with Gasteiger partial charge in [0.25, 0.3) is 5.91 Å². The van der Waals surface area contributed by atoms with E-state index in [2.05, 4.69) is 11.4 Å². The number of rotatable bonds is 7. The lowest BCUT2D eigenvalue weighted by Gasteiger charge is -2.37. The smallest absolute Gasteiger partial charge is 0.290 e. The molecule has 4 rings (SSSR count). The summed E-state index contributed by atoms with van der Waals surface area (Å²) in [6.07, 6.45) is 2.25. The van der Waals surface area contributed by atoms with Crippen LogP contribution in [0.4, 0.5) is 0 Å². The second kappa shape index (κ2) is 9.68. The Morgan fingerprint density at radius 1 is 1.26 bits per heavy atom. The van der Waals surface area contributed by atoms with Crippen molar-refractivity contribution in [3.8, 4) is 0 Å². The zero-order valence-electron chi connectivity index (χ0n) is 17.1. The molecule has 0 saturated heterocycles. The maximum atomic E-state index is 13.5. The van der Waals surface area contributed by atoms with Crippen molar-refractivity contribution < 1.29 is 18.7 Å². The van der Waals surface area contributed by atoms with Crippen LogP contribution in [0.2, 0.25) is 5.02 Å². The Labute approximate surface area is 190 Å². The van der Waals surface area contributed by atoms with Gasteiger partial charge in [-0.05, 0) is 53.3 Å². The molecule has 3 aromatic rings. The fraction of sp³-hybridized carbons (Fsp3) is 0.304. The third kappa shape index (κ3) is 4.69. The molecule has 0 saturated carbocycles. The van der Waals surface area contributed by atoms with Crippen LogP contribution in [0, 0.1) is 0 Å². The number of thiophene rings is 1. The number of furan rings is 1. The minimum absolute atomic E-state index is 0.0492. The molecule has 31 heavy (non-hydrogen) atoms. The Morgan fingerprint density at radius 3 is 2.77 bits per heavy atom. The summed E-state index contributed by atoms with van der Waals surface area (Å²) in [4.78, 5) is 31.0. The molecule has 2 amide bonds. The first-order valence-electron chi connectivity index (χ1n) is 10.0. The van der Waals surface area contributed by atoms with Crippen molar-refractivity contribution in [1.29, 1.82) is 0 Å². The Morgan fingerprint density at radius 2 is 2.06 bits per heavy atom. The van der Waals surface area contributed by atoms with E-state index in [1.165, 1.54) is 16.0 Å². The molecule has 3 heterocycles. The van der Waals surface area contributed by atoms with Crippen molar-refractivity contribution in [3.63, 3.8) is 0 Å². The molecular formula is C23H23ClN2O4S. The first-order chi connectivity index (χ1) is 15.1. The molecule has 0 radical (unpaired) electrons. The molecule has 1 aliphatic heterocycles. The van der Waals surface area contributed by atoms with E-state index in [-0.39, 0.29) is 30.2 Å². The summed E-state index contributed by atoms with van der Waals surface area (Å²) in [5, 5.41) is 2.71. The third-order valence-corrected chi connectivity index (χ3v) is 6.63. The van der Waals surface area contributed by atoms with E-state index in [1.807, 2.05) is 29.2 Å². The highest BCUT2D eigenvalue weighted by atomic mass is 35.5. The van der Waals surface area contributed by atoms with E-state index in [0.717, 1.165) is 17.5 Å². The van der Waals surface area contributed by atoms with Crippen LogP contribution in [-0.2, 0) is 16.0 Å². The molecule has 1 atom stereocenters. The predicted octanol–water partition coefficient (Wildman–Crippen LogP) is 4.26. The van der Waals surface area contributed by atoms with Gasteiger partial charge in [-0.1, -0.05) is 23.7 Å². The summed E-state index contributed by atoms with van der Waals surface area (Å²) in [5.41, 5.74) is 2.13. The van der Waals surface area contributed by atoms with Crippen molar-refractivity contribution in [3.05, 3.63) is 80.9 Å². The highest BCUT2D eigenvalue weighted by molar-refractivity contribution is 7.10. The molecule has 0 bridgehead atoms. The Bertz CT molecular complexity index is 1030. The maximum absolute atomic E-state index is 13.5. The number of ether oxygens (including phenoxy) is 1. The number of benzene rings is 1. The number of carbonyl (C=O) groups is 2. The number of hydrogen-bond acceptors (Lipinski definition) is 5. The molecule has 2 aromatic heterocycles. The fourth-order valence-electron chi connectivity index (χ4n) is 3.85. The van der Waals surface area contributed by atoms with Crippen LogP contribution < -0.4 is 0 Å². The number of carbonyl (C=O) groups excluding carboxylic acids is 2. The van der Waals surface area contributed by atoms with Gasteiger partial charge in [0.05, 0.1) is 18.9 Å². The SMILES string of the molecule is COCCN(CC(=O)N1CCc2sccc2C1c1ccc(Cl)cc1)C(=O)c1ccco1. The van der Waals surface area contributed by atoms with E-state index >= 15 is 0 Å². The van der Waals surface area contributed by atoms with Gasteiger partial charge in [-0.2, -0.15) is 0 Å². The molecule has 1 aromatic carbocycles. The van der Waals surface area contributed by atoms with Gasteiger partial charge in [-0.15, -0.1) is 11.3 Å². The van der Waals surface area contributed by atoms with Crippen molar-refractivity contribution in [1.82, 2.24) is 9.80 Å². The Hall–Kier alpha value is -2.61. The van der Waals surface area contributed by atoms with Gasteiger partial charge in [0.15, 0.2) is 5.76 Å². The summed E-state index contributed by atoms with van der Waals surface area (Å²) in [7, 11) is 1.57. The van der Waals surface area contributed by atoms with Crippen LogP contribution in [0.25, 0.3) is 0 Å². The molecule has 1 unspecified atom stereocenters. The van der Waals surface area contributed by atoms with E-state index < -0.39 is 0 Å². The first kappa shape index (κ1) is 21.6. The van der Waals surface area contributed by atoms with Gasteiger partial charge < -0.3 is 19.0 Å². The number of halogens is 1.